The fourth-order valence-corrected chi connectivity index (χ4v) is 9.07. The summed E-state index contributed by atoms with van der Waals surface area (Å²) < 4.78 is 111. The molecule has 2 atom stereocenters. The summed E-state index contributed by atoms with van der Waals surface area (Å²) in [6.45, 7) is 13.9. The number of ketones is 1. The first kappa shape index (κ1) is 57.6. The van der Waals surface area contributed by atoms with Crippen LogP contribution in [0.25, 0.3) is 16.7 Å². The molecule has 3 heterocycles. The number of aryl methyl sites for hydroxylation is 1. The fraction of sp³-hybridized carbons (Fsp3) is 0.520. The van der Waals surface area contributed by atoms with Crippen LogP contribution in [0.15, 0.2) is 41.2 Å². The number of rotatable bonds is 14. The first-order valence-corrected chi connectivity index (χ1v) is 23.9. The van der Waals surface area contributed by atoms with Crippen LogP contribution in [0.1, 0.15) is 155 Å². The van der Waals surface area contributed by atoms with E-state index in [-0.39, 0.29) is 66.7 Å². The van der Waals surface area contributed by atoms with Gasteiger partial charge >= 0.3 is 0 Å². The molecular formula is C50H62BClF8N7O3. The van der Waals surface area contributed by atoms with E-state index in [0.717, 1.165) is 23.6 Å². The van der Waals surface area contributed by atoms with Gasteiger partial charge in [0.15, 0.2) is 11.4 Å². The predicted molar refractivity (Wildman–Crippen MR) is 258 cm³/mol. The number of aliphatic hydroxyl groups excluding tert-OH is 1. The van der Waals surface area contributed by atoms with Gasteiger partial charge in [-0.3, -0.25) is 18.8 Å². The molecule has 0 saturated heterocycles. The molecule has 2 aliphatic rings. The molecule has 0 aliphatic heterocycles. The van der Waals surface area contributed by atoms with Crippen LogP contribution in [0.3, 0.4) is 0 Å². The van der Waals surface area contributed by atoms with E-state index in [1.165, 1.54) is 44.4 Å². The van der Waals surface area contributed by atoms with E-state index >= 15 is 0 Å². The lowest BCUT2D eigenvalue weighted by Gasteiger charge is -2.28. The number of hydrogen-bond donors (Lipinski definition) is 3. The molecule has 3 aromatic heterocycles. The topological polar surface area (TPSA) is 139 Å². The number of carbonyl (C=O) groups is 1. The monoisotopic (exact) mass is 1010 g/mol. The number of carbonyl (C=O) groups excluding carboxylic acids is 1. The molecule has 20 heteroatoms. The second kappa shape index (κ2) is 24.9. The van der Waals surface area contributed by atoms with Gasteiger partial charge in [-0.1, -0.05) is 59.1 Å². The zero-order valence-electron chi connectivity index (χ0n) is 41.0. The van der Waals surface area contributed by atoms with Crippen LogP contribution < -0.4 is 10.8 Å². The third-order valence-electron chi connectivity index (χ3n) is 12.2. The molecule has 381 valence electrons. The van der Waals surface area contributed by atoms with E-state index < -0.39 is 71.0 Å². The minimum Gasteiger partial charge on any atom is -0.396 e. The van der Waals surface area contributed by atoms with E-state index in [4.69, 9.17) is 32.1 Å². The van der Waals surface area contributed by atoms with Crippen LogP contribution in [0.2, 0.25) is 5.02 Å². The maximum atomic E-state index is 14.4. The lowest BCUT2D eigenvalue weighted by Crippen LogP contribution is -2.29. The third kappa shape index (κ3) is 13.5. The van der Waals surface area contributed by atoms with Crippen LogP contribution in [-0.4, -0.2) is 67.8 Å². The van der Waals surface area contributed by atoms with Crippen LogP contribution in [0, 0.1) is 36.8 Å². The van der Waals surface area contributed by atoms with Crippen molar-refractivity contribution in [2.45, 2.75) is 150 Å². The van der Waals surface area contributed by atoms with E-state index in [0.29, 0.717) is 51.1 Å². The van der Waals surface area contributed by atoms with Gasteiger partial charge in [-0.2, -0.15) is 13.9 Å². The zero-order valence-corrected chi connectivity index (χ0v) is 41.8. The van der Waals surface area contributed by atoms with E-state index in [1.54, 1.807) is 46.0 Å². The Balaban J connectivity index is 0.000000336. The molecule has 1 saturated carbocycles. The number of hydrogen-bond acceptors (Lipinski definition) is 8. The molecule has 7 rings (SSSR count). The molecule has 5 aromatic rings. The minimum absolute atomic E-state index is 0.108. The highest BCUT2D eigenvalue weighted by molar-refractivity contribution is 6.77. The molecule has 1 radical (unpaired) electrons. The number of aromatic nitrogens is 5. The molecule has 70 heavy (non-hydrogen) atoms. The number of halogens is 9. The normalized spacial score (nSPS) is 16.3. The average molecular weight is 1010 g/mol. The van der Waals surface area contributed by atoms with Crippen molar-refractivity contribution in [1.29, 1.82) is 5.41 Å². The summed E-state index contributed by atoms with van der Waals surface area (Å²) in [6.07, 6.45) is 0.538. The predicted octanol–water partition coefficient (Wildman–Crippen LogP) is 12.0. The Kier molecular flexibility index (Phi) is 20.5. The average Bonchev–Trinajstić information content (AvgIpc) is 3.75. The van der Waals surface area contributed by atoms with Crippen LogP contribution in [-0.2, 0) is 30.1 Å². The SMILES string of the molecule is CC.CC(=O)Cn1nc(C(F)F)c2c1C(F)(F)C(C)C2.CCCCCO.CN[B]C(=N)c1c(Cl)ccc(-n2c([C@@H](C)Cc3cc(F)cc(F)c3)nc3nc(C4CCC(F)(F)CC4)cc(C)c3c2=O)c1C. The maximum absolute atomic E-state index is 14.4. The van der Waals surface area contributed by atoms with Gasteiger partial charge in [-0.25, -0.2) is 36.3 Å². The van der Waals surface area contributed by atoms with Crippen molar-refractivity contribution < 1.29 is 45.0 Å². The van der Waals surface area contributed by atoms with Crippen molar-refractivity contribution in [3.8, 4) is 5.69 Å². The van der Waals surface area contributed by atoms with E-state index in [1.807, 2.05) is 13.8 Å². The molecule has 0 bridgehead atoms. The highest BCUT2D eigenvalue weighted by atomic mass is 35.5. The van der Waals surface area contributed by atoms with Crippen LogP contribution >= 0.6 is 11.6 Å². The number of alkyl halides is 6. The first-order valence-electron chi connectivity index (χ1n) is 23.5. The van der Waals surface area contributed by atoms with Gasteiger partial charge in [-0.15, -0.1) is 0 Å². The number of aliphatic hydroxyl groups is 1. The minimum atomic E-state index is -3.22. The van der Waals surface area contributed by atoms with Gasteiger partial charge in [-0.05, 0) is 107 Å². The molecule has 3 N–H and O–H groups in total. The Bertz CT molecular complexity index is 2660. The summed E-state index contributed by atoms with van der Waals surface area (Å²) >= 11 is 6.51. The van der Waals surface area contributed by atoms with Crippen molar-refractivity contribution in [1.82, 2.24) is 29.5 Å². The molecule has 0 spiro atoms. The van der Waals surface area contributed by atoms with Gasteiger partial charge in [0.2, 0.25) is 5.92 Å². The Hall–Kier alpha value is -5.01. The van der Waals surface area contributed by atoms with E-state index in [2.05, 4.69) is 17.3 Å². The van der Waals surface area contributed by atoms with Gasteiger partial charge in [0.1, 0.15) is 28.8 Å². The first-order chi connectivity index (χ1) is 33.0. The summed E-state index contributed by atoms with van der Waals surface area (Å²) in [5.74, 6) is -9.20. The number of pyridine rings is 1. The second-order valence-electron chi connectivity index (χ2n) is 17.6. The number of Topliss-reactive ketones (excluding diaryl/α,β-unsaturated/α-hetero) is 1. The molecule has 10 nitrogen and oxygen atoms in total. The van der Waals surface area contributed by atoms with E-state index in [9.17, 15) is 44.7 Å². The van der Waals surface area contributed by atoms with Gasteiger partial charge in [0, 0.05) is 70.7 Å². The molecule has 1 unspecified atom stereocenters. The lowest BCUT2D eigenvalue weighted by molar-refractivity contribution is -0.118. The number of nitrogens with one attached hydrogen (secondary N) is 2. The van der Waals surface area contributed by atoms with Crippen molar-refractivity contribution in [2.24, 2.45) is 5.92 Å². The molecule has 0 amide bonds. The lowest BCUT2D eigenvalue weighted by atomic mass is 9.80. The molecule has 1 fully saturated rings. The molecular weight excluding hydrogens is 945 g/mol. The Morgan fingerprint density at radius 2 is 1.66 bits per heavy atom. The zero-order chi connectivity index (χ0) is 52.4. The van der Waals surface area contributed by atoms with Crippen LogP contribution in [0.5, 0.6) is 0 Å². The molecule has 2 aliphatic carbocycles. The van der Waals surface area contributed by atoms with Gasteiger partial charge in [0.25, 0.3) is 25.3 Å². The van der Waals surface area contributed by atoms with Gasteiger partial charge in [0.05, 0.1) is 17.6 Å². The summed E-state index contributed by atoms with van der Waals surface area (Å²) in [5, 5.41) is 23.6. The number of fused-ring (bicyclic) bond motifs is 2. The standard InChI is InChI=1S/C32H32BClF4N5O.C11H12F4N2O.C5H12O.C2H6/c1-16-12-24(20-7-9-32(37,38)10-8-20)41-29-26(16)31(44)43(25-6-5-23(34)27(18(25)3)28(39)33-40-4)30(42-29)17(2)11-19-13-21(35)15-22(36)14-19;1-5-3-7-8(10(12)13)16-17(4-6(2)18)9(7)11(5,14)15;1-2-3-4-5-6;1-2/h5-6,12-15,17,20,39-40H,7-11H2,1-4H3;5,10H,3-4H2,1-2H3;6H,2-5H2,1H3;1-2H3/t17-;;;/m0.../s1. The number of nitrogens with zero attached hydrogens (tertiary/aromatic N) is 5. The number of benzene rings is 2. The quantitative estimate of drug-likeness (QED) is 0.0436. The van der Waals surface area contributed by atoms with Crippen LogP contribution in [0.4, 0.5) is 35.1 Å². The Labute approximate surface area is 409 Å². The number of unbranched alkanes of at least 4 members (excludes halogenated alkanes) is 2. The highest BCUT2D eigenvalue weighted by Crippen LogP contribution is 2.48. The van der Waals surface area contributed by atoms with Crippen molar-refractivity contribution >= 4 is 41.4 Å². The third-order valence-corrected chi connectivity index (χ3v) is 12.5. The summed E-state index contributed by atoms with van der Waals surface area (Å²) in [6, 6.07) is 8.34. The second-order valence-corrected chi connectivity index (χ2v) is 18.0. The van der Waals surface area contributed by atoms with Crippen molar-refractivity contribution in [3.63, 3.8) is 0 Å². The smallest absolute Gasteiger partial charge is 0.292 e. The fourth-order valence-electron chi connectivity index (χ4n) is 8.76. The van der Waals surface area contributed by atoms with Crippen molar-refractivity contribution in [3.05, 3.63) is 114 Å². The summed E-state index contributed by atoms with van der Waals surface area (Å²) in [7, 11) is 3.15. The maximum Gasteiger partial charge on any atom is 0.292 e. The van der Waals surface area contributed by atoms with Gasteiger partial charge < -0.3 is 15.7 Å². The Morgan fingerprint density at radius 1 is 1.03 bits per heavy atom. The largest absolute Gasteiger partial charge is 0.396 e. The highest BCUT2D eigenvalue weighted by Gasteiger charge is 2.51. The summed E-state index contributed by atoms with van der Waals surface area (Å²) in [4.78, 5) is 35.0. The Morgan fingerprint density at radius 3 is 2.20 bits per heavy atom. The summed E-state index contributed by atoms with van der Waals surface area (Å²) in [5.41, 5.74) is 1.68. The molecule has 2 aromatic carbocycles. The van der Waals surface area contributed by atoms with Crippen molar-refractivity contribution in [2.75, 3.05) is 13.7 Å².